The second-order valence-electron chi connectivity index (χ2n) is 8.73. The van der Waals surface area contributed by atoms with Gasteiger partial charge >= 0.3 is 18.2 Å². The molecule has 0 atom stereocenters. The van der Waals surface area contributed by atoms with Gasteiger partial charge in [-0.1, -0.05) is 31.0 Å². The normalized spacial score (nSPS) is 13.3. The van der Waals surface area contributed by atoms with Crippen molar-refractivity contribution < 1.29 is 32.2 Å². The smallest absolute Gasteiger partial charge is 0.389 e. The van der Waals surface area contributed by atoms with E-state index in [4.69, 9.17) is 9.47 Å². The molecule has 0 aliphatic heterocycles. The van der Waals surface area contributed by atoms with Crippen molar-refractivity contribution in [3.63, 3.8) is 0 Å². The lowest BCUT2D eigenvalue weighted by molar-refractivity contribution is -0.137. The number of ether oxygens (including phenoxy) is 2. The minimum absolute atomic E-state index is 0.122. The SMILES string of the molecule is CCCCc1c(OC(=O)C2CC2)ccc(NC(=O)Nc2ccc(C)cc2)c1OCCCC(F)(F)F. The molecule has 2 aromatic rings. The summed E-state index contributed by atoms with van der Waals surface area (Å²) >= 11 is 0. The Kier molecular flexibility index (Phi) is 9.01. The molecule has 9 heteroatoms. The number of amides is 2. The Bertz CT molecular complexity index is 1020. The average Bonchev–Trinajstić information content (AvgIpc) is 3.64. The summed E-state index contributed by atoms with van der Waals surface area (Å²) in [6.07, 6.45) is -1.88. The van der Waals surface area contributed by atoms with Crippen LogP contribution in [0, 0.1) is 12.8 Å². The average molecular weight is 493 g/mol. The van der Waals surface area contributed by atoms with Gasteiger partial charge in [0, 0.05) is 17.7 Å². The van der Waals surface area contributed by atoms with E-state index in [0.717, 1.165) is 31.2 Å². The topological polar surface area (TPSA) is 76.7 Å². The van der Waals surface area contributed by atoms with Crippen LogP contribution in [0.1, 0.15) is 56.6 Å². The van der Waals surface area contributed by atoms with Gasteiger partial charge in [0.05, 0.1) is 18.2 Å². The first kappa shape index (κ1) is 26.4. The summed E-state index contributed by atoms with van der Waals surface area (Å²) in [5.74, 6) is 0.0818. The Morgan fingerprint density at radius 2 is 1.74 bits per heavy atom. The predicted molar refractivity (Wildman–Crippen MR) is 128 cm³/mol. The number of anilines is 2. The maximum atomic E-state index is 12.7. The Morgan fingerprint density at radius 1 is 1.03 bits per heavy atom. The minimum Gasteiger partial charge on any atom is -0.491 e. The molecule has 1 aliphatic rings. The molecule has 0 spiro atoms. The van der Waals surface area contributed by atoms with Gasteiger partial charge in [-0.15, -0.1) is 0 Å². The van der Waals surface area contributed by atoms with E-state index < -0.39 is 18.6 Å². The van der Waals surface area contributed by atoms with Crippen molar-refractivity contribution in [3.8, 4) is 11.5 Å². The number of aryl methyl sites for hydroxylation is 1. The zero-order valence-corrected chi connectivity index (χ0v) is 20.0. The molecular weight excluding hydrogens is 461 g/mol. The predicted octanol–water partition coefficient (Wildman–Crippen LogP) is 7.02. The summed E-state index contributed by atoms with van der Waals surface area (Å²) in [5, 5.41) is 5.45. The molecule has 0 saturated heterocycles. The standard InChI is InChI=1S/C26H31F3N2O4/c1-3-4-6-20-22(35-24(32)18-9-10-18)14-13-21(23(20)34-16-5-15-26(27,28)29)31-25(33)30-19-11-7-17(2)8-12-19/h7-8,11-14,18H,3-6,9-10,15-16H2,1-2H3,(H2,30,31,33). The van der Waals surface area contributed by atoms with Gasteiger partial charge in [-0.25, -0.2) is 4.79 Å². The first-order valence-electron chi connectivity index (χ1n) is 11.9. The molecule has 2 N–H and O–H groups in total. The number of halogens is 3. The van der Waals surface area contributed by atoms with Crippen LogP contribution in [-0.4, -0.2) is 24.8 Å². The van der Waals surface area contributed by atoms with Gasteiger partial charge in [0.25, 0.3) is 0 Å². The van der Waals surface area contributed by atoms with Gasteiger partial charge in [-0.3, -0.25) is 4.79 Å². The zero-order chi connectivity index (χ0) is 25.4. The summed E-state index contributed by atoms with van der Waals surface area (Å²) in [7, 11) is 0. The van der Waals surface area contributed by atoms with E-state index >= 15 is 0 Å². The third kappa shape index (κ3) is 8.49. The summed E-state index contributed by atoms with van der Waals surface area (Å²) in [6, 6.07) is 9.84. The van der Waals surface area contributed by atoms with Crippen molar-refractivity contribution >= 4 is 23.4 Å². The zero-order valence-electron chi connectivity index (χ0n) is 20.0. The largest absolute Gasteiger partial charge is 0.491 e. The molecule has 0 bridgehead atoms. The summed E-state index contributed by atoms with van der Waals surface area (Å²) in [6.45, 7) is 3.73. The van der Waals surface area contributed by atoms with Crippen LogP contribution < -0.4 is 20.1 Å². The molecule has 0 radical (unpaired) electrons. The Labute approximate surface area is 203 Å². The van der Waals surface area contributed by atoms with Crippen LogP contribution in [0.25, 0.3) is 0 Å². The molecule has 1 aliphatic carbocycles. The first-order valence-corrected chi connectivity index (χ1v) is 11.9. The number of hydrogen-bond donors (Lipinski definition) is 2. The number of unbranched alkanes of at least 4 members (excludes halogenated alkanes) is 1. The van der Waals surface area contributed by atoms with Gasteiger partial charge in [0.15, 0.2) is 0 Å². The molecular formula is C26H31F3N2O4. The van der Waals surface area contributed by atoms with E-state index in [1.54, 1.807) is 24.3 Å². The maximum absolute atomic E-state index is 12.7. The van der Waals surface area contributed by atoms with E-state index in [0.29, 0.717) is 29.1 Å². The summed E-state index contributed by atoms with van der Waals surface area (Å²) in [5.41, 5.74) is 2.48. The van der Waals surface area contributed by atoms with Gasteiger partial charge < -0.3 is 20.1 Å². The number of alkyl halides is 3. The number of hydrogen-bond acceptors (Lipinski definition) is 4. The van der Waals surface area contributed by atoms with Crippen LogP contribution in [0.3, 0.4) is 0 Å². The number of nitrogens with one attached hydrogen (secondary N) is 2. The van der Waals surface area contributed by atoms with Crippen molar-refractivity contribution in [2.45, 2.75) is 65.0 Å². The lowest BCUT2D eigenvalue weighted by Crippen LogP contribution is -2.21. The lowest BCUT2D eigenvalue weighted by Gasteiger charge is -2.20. The molecule has 190 valence electrons. The number of benzene rings is 2. The number of carbonyl (C=O) groups excluding carboxylic acids is 2. The molecule has 0 aromatic heterocycles. The third-order valence-corrected chi connectivity index (χ3v) is 5.53. The van der Waals surface area contributed by atoms with E-state index in [1.807, 2.05) is 26.0 Å². The third-order valence-electron chi connectivity index (χ3n) is 5.53. The van der Waals surface area contributed by atoms with Crippen molar-refractivity contribution in [3.05, 3.63) is 47.5 Å². The highest BCUT2D eigenvalue weighted by atomic mass is 19.4. The molecule has 2 aromatic carbocycles. The monoisotopic (exact) mass is 492 g/mol. The quantitative estimate of drug-likeness (QED) is 0.201. The van der Waals surface area contributed by atoms with Crippen molar-refractivity contribution in [2.75, 3.05) is 17.2 Å². The first-order chi connectivity index (χ1) is 16.7. The number of esters is 1. The maximum Gasteiger partial charge on any atom is 0.389 e. The van der Waals surface area contributed by atoms with Crippen molar-refractivity contribution in [2.24, 2.45) is 5.92 Å². The highest BCUT2D eigenvalue weighted by molar-refractivity contribution is 6.01. The van der Waals surface area contributed by atoms with Gasteiger partial charge in [0.1, 0.15) is 11.5 Å². The van der Waals surface area contributed by atoms with Crippen molar-refractivity contribution in [1.82, 2.24) is 0 Å². The van der Waals surface area contributed by atoms with Crippen LogP contribution in [-0.2, 0) is 11.2 Å². The second-order valence-corrected chi connectivity index (χ2v) is 8.73. The summed E-state index contributed by atoms with van der Waals surface area (Å²) < 4.78 is 49.3. The van der Waals surface area contributed by atoms with Crippen LogP contribution in [0.4, 0.5) is 29.3 Å². The molecule has 0 heterocycles. The highest BCUT2D eigenvalue weighted by Gasteiger charge is 2.32. The fraction of sp³-hybridized carbons (Fsp3) is 0.462. The molecule has 35 heavy (non-hydrogen) atoms. The van der Waals surface area contributed by atoms with Crippen LogP contribution >= 0.6 is 0 Å². The van der Waals surface area contributed by atoms with Crippen molar-refractivity contribution in [1.29, 1.82) is 0 Å². The molecule has 3 rings (SSSR count). The Balaban J connectivity index is 1.84. The Morgan fingerprint density at radius 3 is 2.37 bits per heavy atom. The van der Waals surface area contributed by atoms with Crippen LogP contribution in [0.15, 0.2) is 36.4 Å². The molecule has 2 amide bonds. The fourth-order valence-electron chi connectivity index (χ4n) is 3.44. The van der Waals surface area contributed by atoms with E-state index in [-0.39, 0.29) is 30.7 Å². The molecule has 1 fully saturated rings. The lowest BCUT2D eigenvalue weighted by atomic mass is 10.0. The van der Waals surface area contributed by atoms with E-state index in [9.17, 15) is 22.8 Å². The van der Waals surface area contributed by atoms with Crippen LogP contribution in [0.5, 0.6) is 11.5 Å². The number of urea groups is 1. The minimum atomic E-state index is -4.29. The van der Waals surface area contributed by atoms with Gasteiger partial charge in [0.2, 0.25) is 0 Å². The van der Waals surface area contributed by atoms with E-state index in [2.05, 4.69) is 10.6 Å². The Hall–Kier alpha value is -3.23. The molecule has 6 nitrogen and oxygen atoms in total. The summed E-state index contributed by atoms with van der Waals surface area (Å²) in [4.78, 5) is 25.0. The number of carbonyl (C=O) groups is 2. The van der Waals surface area contributed by atoms with E-state index in [1.165, 1.54) is 0 Å². The fourth-order valence-corrected chi connectivity index (χ4v) is 3.44. The highest BCUT2D eigenvalue weighted by Crippen LogP contribution is 2.39. The van der Waals surface area contributed by atoms with Gasteiger partial charge in [-0.2, -0.15) is 13.2 Å². The van der Waals surface area contributed by atoms with Crippen LogP contribution in [0.2, 0.25) is 0 Å². The molecule has 1 saturated carbocycles. The second kappa shape index (κ2) is 12.0. The number of rotatable bonds is 11. The molecule has 0 unspecified atom stereocenters. The van der Waals surface area contributed by atoms with Gasteiger partial charge in [-0.05, 0) is 63.3 Å².